The number of benzene rings is 2. The Balaban J connectivity index is 1.48. The van der Waals surface area contributed by atoms with E-state index in [1.165, 1.54) is 135 Å². The predicted octanol–water partition coefficient (Wildman–Crippen LogP) is 17.0. The number of thioether (sulfide) groups is 1. The summed E-state index contributed by atoms with van der Waals surface area (Å²) >= 11 is 1.99. The molecular weight excluding hydrogens is 923 g/mol. The highest BCUT2D eigenvalue weighted by molar-refractivity contribution is 7.99. The number of hydrogen-bond acceptors (Lipinski definition) is 7. The van der Waals surface area contributed by atoms with Crippen molar-refractivity contribution in [2.75, 3.05) is 24.7 Å². The van der Waals surface area contributed by atoms with Crippen LogP contribution in [0.3, 0.4) is 0 Å². The molecule has 2 aromatic carbocycles. The van der Waals surface area contributed by atoms with Gasteiger partial charge in [0.25, 0.3) is 8.32 Å². The van der Waals surface area contributed by atoms with Crippen molar-refractivity contribution in [2.45, 2.75) is 283 Å². The average Bonchev–Trinajstić information content (AvgIpc) is 3.66. The van der Waals surface area contributed by atoms with Crippen LogP contribution in [-0.2, 0) is 19.1 Å². The quantitative estimate of drug-likeness (QED) is 0.0296. The zero-order chi connectivity index (χ0) is 51.8. The molecule has 1 fully saturated rings. The third-order valence-corrected chi connectivity index (χ3v) is 21.8. The topological polar surface area (TPSA) is 84.9 Å². The van der Waals surface area contributed by atoms with Crippen molar-refractivity contribution in [3.05, 3.63) is 60.7 Å². The molecular formula is C64H111NO5SSi. The Bertz CT molecular complexity index is 1550. The van der Waals surface area contributed by atoms with E-state index in [9.17, 15) is 14.4 Å². The molecule has 1 aliphatic carbocycles. The fourth-order valence-electron chi connectivity index (χ4n) is 11.3. The van der Waals surface area contributed by atoms with E-state index in [1.54, 1.807) is 0 Å². The molecule has 0 aromatic heterocycles. The van der Waals surface area contributed by atoms with Gasteiger partial charge in [-0.05, 0) is 111 Å². The molecule has 8 heteroatoms. The molecule has 3 unspecified atom stereocenters. The molecule has 2 N–H and O–H groups in total. The largest absolute Gasteiger partial charge is 0.465 e. The van der Waals surface area contributed by atoms with Gasteiger partial charge < -0.3 is 19.6 Å². The van der Waals surface area contributed by atoms with Crippen LogP contribution < -0.4 is 15.7 Å². The van der Waals surface area contributed by atoms with Gasteiger partial charge in [-0.2, -0.15) is 11.8 Å². The van der Waals surface area contributed by atoms with Gasteiger partial charge in [0.15, 0.2) is 0 Å². The lowest BCUT2D eigenvalue weighted by atomic mass is 9.94. The first-order chi connectivity index (χ1) is 35.1. The van der Waals surface area contributed by atoms with E-state index >= 15 is 0 Å². The second kappa shape index (κ2) is 41.1. The van der Waals surface area contributed by atoms with Crippen molar-refractivity contribution in [1.29, 1.82) is 0 Å². The summed E-state index contributed by atoms with van der Waals surface area (Å²) in [6, 6.07) is 21.4. The molecule has 0 spiro atoms. The van der Waals surface area contributed by atoms with Crippen molar-refractivity contribution in [3.8, 4) is 0 Å². The van der Waals surface area contributed by atoms with Crippen LogP contribution in [0, 0.1) is 11.8 Å². The number of ether oxygens (including phenoxy) is 2. The number of carbonyl (C=O) groups excluding carboxylic acids is 2. The van der Waals surface area contributed by atoms with E-state index < -0.39 is 8.32 Å². The van der Waals surface area contributed by atoms with E-state index in [4.69, 9.17) is 9.47 Å². The predicted molar refractivity (Wildman–Crippen MR) is 314 cm³/mol. The van der Waals surface area contributed by atoms with E-state index in [0.717, 1.165) is 118 Å². The highest BCUT2D eigenvalue weighted by Gasteiger charge is 2.49. The summed E-state index contributed by atoms with van der Waals surface area (Å²) in [7, 11) is -2.99. The van der Waals surface area contributed by atoms with Crippen LogP contribution >= 0.6 is 11.8 Å². The van der Waals surface area contributed by atoms with Gasteiger partial charge in [-0.3, -0.25) is 9.59 Å². The average molecular weight is 1030 g/mol. The van der Waals surface area contributed by atoms with Crippen molar-refractivity contribution >= 4 is 42.4 Å². The molecule has 0 saturated heterocycles. The highest BCUT2D eigenvalue weighted by atomic mass is 32.2. The summed E-state index contributed by atoms with van der Waals surface area (Å²) in [6.45, 7) is 12.9. The van der Waals surface area contributed by atoms with E-state index in [2.05, 4.69) is 88.5 Å². The highest BCUT2D eigenvalue weighted by Crippen LogP contribution is 2.40. The monoisotopic (exact) mass is 1030 g/mol. The summed E-state index contributed by atoms with van der Waals surface area (Å²) in [5.74, 6) is 2.75. The minimum atomic E-state index is -2.99. The molecule has 0 aliphatic heterocycles. The molecule has 0 heterocycles. The summed E-state index contributed by atoms with van der Waals surface area (Å²) in [5.41, 5.74) is 0. The van der Waals surface area contributed by atoms with E-state index in [0.29, 0.717) is 25.0 Å². The molecule has 0 bridgehead atoms. The summed E-state index contributed by atoms with van der Waals surface area (Å²) in [6.07, 6.45) is 42.0. The molecule has 72 heavy (non-hydrogen) atoms. The van der Waals surface area contributed by atoms with Gasteiger partial charge in [0.05, 0.1) is 12.5 Å². The molecule has 412 valence electrons. The van der Waals surface area contributed by atoms with Crippen molar-refractivity contribution in [3.63, 3.8) is 0 Å². The SMILES string of the molecule is CCCCCCCCC(CCCCCC)C(=O)OCCCCCC(CCCCCSCC(CCCCCC)OC(=O)CC1CCCCCC1)NCCCCCC(C)(C)[Si](O)(c1ccccc1)c1ccccc1. The molecule has 1 saturated carbocycles. The van der Waals surface area contributed by atoms with Crippen LogP contribution in [0.15, 0.2) is 60.7 Å². The van der Waals surface area contributed by atoms with Gasteiger partial charge in [0.1, 0.15) is 6.10 Å². The fourth-order valence-corrected chi connectivity index (χ4v) is 16.2. The molecule has 0 amide bonds. The summed E-state index contributed by atoms with van der Waals surface area (Å²) < 4.78 is 12.2. The lowest BCUT2D eigenvalue weighted by molar-refractivity contribution is -0.150. The van der Waals surface area contributed by atoms with Gasteiger partial charge in [-0.15, -0.1) is 0 Å². The first-order valence-corrected chi connectivity index (χ1v) is 33.7. The van der Waals surface area contributed by atoms with Crippen LogP contribution in [0.4, 0.5) is 0 Å². The standard InChI is InChI=1S/C64H111NO5SSi/c1-6-9-12-15-16-27-42-57(41-26-13-10-7-2)63(67)69-52-37-21-28-43-58(65-51-36-23-35-50-64(4,5)72(68,60-46-31-19-32-47-60)61-48-33-20-34-49-61)44-29-22-38-53-71-55-59(45-30-14-11-8-3)70-62(66)54-56-39-24-17-18-25-40-56/h19-20,31-34,46-49,56-59,65,68H,6-18,21-30,35-45,50-55H2,1-5H3. The maximum atomic E-state index is 13.3. The maximum absolute atomic E-state index is 13.3. The van der Waals surface area contributed by atoms with Gasteiger partial charge in [-0.1, -0.05) is 243 Å². The molecule has 0 radical (unpaired) electrons. The Kier molecular flexibility index (Phi) is 36.6. The zero-order valence-corrected chi connectivity index (χ0v) is 49.2. The Morgan fingerprint density at radius 3 is 1.72 bits per heavy atom. The van der Waals surface area contributed by atoms with Gasteiger partial charge >= 0.3 is 11.9 Å². The van der Waals surface area contributed by atoms with E-state index in [-0.39, 0.29) is 29.0 Å². The van der Waals surface area contributed by atoms with Crippen LogP contribution in [0.25, 0.3) is 0 Å². The number of esters is 2. The minimum Gasteiger partial charge on any atom is -0.465 e. The van der Waals surface area contributed by atoms with Gasteiger partial charge in [-0.25, -0.2) is 0 Å². The molecule has 2 aromatic rings. The second-order valence-electron chi connectivity index (χ2n) is 22.9. The van der Waals surface area contributed by atoms with Gasteiger partial charge in [0.2, 0.25) is 0 Å². The third-order valence-electron chi connectivity index (χ3n) is 16.1. The van der Waals surface area contributed by atoms with Crippen molar-refractivity contribution in [1.82, 2.24) is 5.32 Å². The van der Waals surface area contributed by atoms with Crippen molar-refractivity contribution < 1.29 is 23.9 Å². The first-order valence-electron chi connectivity index (χ1n) is 30.6. The normalized spacial score (nSPS) is 15.0. The molecule has 3 rings (SSSR count). The van der Waals surface area contributed by atoms with Crippen LogP contribution in [0.2, 0.25) is 5.04 Å². The molecule has 1 aliphatic rings. The number of rotatable bonds is 45. The molecule has 6 nitrogen and oxygen atoms in total. The van der Waals surface area contributed by atoms with Crippen LogP contribution in [0.5, 0.6) is 0 Å². The second-order valence-corrected chi connectivity index (χ2v) is 27.9. The first kappa shape index (κ1) is 64.2. The van der Waals surface area contributed by atoms with Crippen molar-refractivity contribution in [2.24, 2.45) is 11.8 Å². The fraction of sp³-hybridized carbons (Fsp3) is 0.781. The number of carbonyl (C=O) groups is 2. The Morgan fingerprint density at radius 2 is 1.12 bits per heavy atom. The smallest absolute Gasteiger partial charge is 0.308 e. The maximum Gasteiger partial charge on any atom is 0.308 e. The summed E-state index contributed by atoms with van der Waals surface area (Å²) in [4.78, 5) is 39.0. The van der Waals surface area contributed by atoms with Gasteiger partial charge in [0, 0.05) is 18.2 Å². The third kappa shape index (κ3) is 27.6. The minimum absolute atomic E-state index is 0.0481. The summed E-state index contributed by atoms with van der Waals surface area (Å²) in [5, 5.41) is 5.98. The zero-order valence-electron chi connectivity index (χ0n) is 47.4. The van der Waals surface area contributed by atoms with Crippen LogP contribution in [0.1, 0.15) is 266 Å². The molecule has 3 atom stereocenters. The Labute approximate surface area is 449 Å². The lowest BCUT2D eigenvalue weighted by Gasteiger charge is -2.41. The Morgan fingerprint density at radius 1 is 0.625 bits per heavy atom. The number of unbranched alkanes of at least 4 members (excludes halogenated alkanes) is 17. The van der Waals surface area contributed by atoms with Crippen LogP contribution in [-0.4, -0.2) is 61.9 Å². The number of hydrogen-bond donors (Lipinski definition) is 2. The Hall–Kier alpha value is -2.13. The van der Waals surface area contributed by atoms with E-state index in [1.807, 2.05) is 23.9 Å². The lowest BCUT2D eigenvalue weighted by Crippen LogP contribution is -2.65. The number of nitrogens with one attached hydrogen (secondary N) is 1.